The van der Waals surface area contributed by atoms with Gasteiger partial charge >= 0.3 is 12.0 Å². The normalized spacial score (nSPS) is 26.6. The lowest BCUT2D eigenvalue weighted by molar-refractivity contribution is -0.139. The van der Waals surface area contributed by atoms with Gasteiger partial charge in [-0.05, 0) is 25.7 Å². The van der Waals surface area contributed by atoms with Crippen LogP contribution < -0.4 is 5.32 Å². The zero-order valence-electron chi connectivity index (χ0n) is 10.1. The Hall–Kier alpha value is -1.26. The Bertz CT molecular complexity index is 280. The largest absolute Gasteiger partial charge is 0.480 e. The van der Waals surface area contributed by atoms with Gasteiger partial charge in [-0.25, -0.2) is 9.59 Å². The molecule has 0 aromatic carbocycles. The quantitative estimate of drug-likeness (QED) is 0.764. The number of carbonyl (C=O) groups is 2. The molecule has 5 nitrogen and oxygen atoms in total. The molecule has 2 amide bonds. The Balaban J connectivity index is 2.55. The van der Waals surface area contributed by atoms with E-state index in [4.69, 9.17) is 5.11 Å². The number of rotatable bonds is 3. The molecule has 0 saturated carbocycles. The van der Waals surface area contributed by atoms with Gasteiger partial charge in [0.1, 0.15) is 6.04 Å². The Morgan fingerprint density at radius 1 is 1.50 bits per heavy atom. The molecule has 0 spiro atoms. The maximum Gasteiger partial charge on any atom is 0.326 e. The first kappa shape index (κ1) is 12.8. The van der Waals surface area contributed by atoms with Gasteiger partial charge in [-0.1, -0.05) is 13.8 Å². The zero-order chi connectivity index (χ0) is 12.3. The summed E-state index contributed by atoms with van der Waals surface area (Å²) in [5.74, 6) is -0.485. The molecule has 92 valence electrons. The SMILES string of the molecule is CC[C@H](NC(=O)N1CC(C)CC1C)C(=O)O. The molecule has 0 aliphatic carbocycles. The first-order valence-electron chi connectivity index (χ1n) is 5.75. The first-order valence-corrected chi connectivity index (χ1v) is 5.75. The summed E-state index contributed by atoms with van der Waals surface area (Å²) in [6.07, 6.45) is 1.39. The number of hydrogen-bond acceptors (Lipinski definition) is 2. The number of nitrogens with zero attached hydrogens (tertiary/aromatic N) is 1. The van der Waals surface area contributed by atoms with Gasteiger partial charge in [0, 0.05) is 12.6 Å². The molecule has 2 unspecified atom stereocenters. The van der Waals surface area contributed by atoms with E-state index in [1.54, 1.807) is 11.8 Å². The van der Waals surface area contributed by atoms with Crippen LogP contribution in [0.5, 0.6) is 0 Å². The van der Waals surface area contributed by atoms with Gasteiger partial charge in [0.25, 0.3) is 0 Å². The third-order valence-electron chi connectivity index (χ3n) is 3.05. The van der Waals surface area contributed by atoms with Gasteiger partial charge in [0.15, 0.2) is 0 Å². The van der Waals surface area contributed by atoms with Crippen LogP contribution in [0.1, 0.15) is 33.6 Å². The molecule has 0 radical (unpaired) electrons. The topological polar surface area (TPSA) is 69.6 Å². The summed E-state index contributed by atoms with van der Waals surface area (Å²) in [4.78, 5) is 24.3. The van der Waals surface area contributed by atoms with Crippen LogP contribution in [-0.2, 0) is 4.79 Å². The molecule has 2 N–H and O–H groups in total. The van der Waals surface area contributed by atoms with Crippen molar-refractivity contribution in [2.24, 2.45) is 5.92 Å². The smallest absolute Gasteiger partial charge is 0.326 e. The van der Waals surface area contributed by atoms with E-state index in [2.05, 4.69) is 12.2 Å². The van der Waals surface area contributed by atoms with E-state index in [1.807, 2.05) is 6.92 Å². The Morgan fingerprint density at radius 2 is 2.12 bits per heavy atom. The van der Waals surface area contributed by atoms with E-state index >= 15 is 0 Å². The highest BCUT2D eigenvalue weighted by molar-refractivity contribution is 5.82. The van der Waals surface area contributed by atoms with E-state index < -0.39 is 12.0 Å². The minimum absolute atomic E-state index is 0.196. The summed E-state index contributed by atoms with van der Waals surface area (Å²) in [5.41, 5.74) is 0. The lowest BCUT2D eigenvalue weighted by Crippen LogP contribution is -2.48. The van der Waals surface area contributed by atoms with Gasteiger partial charge in [0.05, 0.1) is 0 Å². The van der Waals surface area contributed by atoms with Crippen molar-refractivity contribution in [3.8, 4) is 0 Å². The van der Waals surface area contributed by atoms with E-state index in [1.165, 1.54) is 0 Å². The fourth-order valence-electron chi connectivity index (χ4n) is 2.15. The molecule has 1 aliphatic heterocycles. The van der Waals surface area contributed by atoms with Crippen LogP contribution in [0.4, 0.5) is 4.79 Å². The molecule has 1 aliphatic rings. The van der Waals surface area contributed by atoms with E-state index in [0.29, 0.717) is 18.9 Å². The maximum atomic E-state index is 11.8. The third kappa shape index (κ3) is 2.87. The average molecular weight is 228 g/mol. The Morgan fingerprint density at radius 3 is 2.50 bits per heavy atom. The second kappa shape index (κ2) is 5.18. The number of aliphatic carboxylic acids is 1. The van der Waals surface area contributed by atoms with Crippen LogP contribution in [0.15, 0.2) is 0 Å². The van der Waals surface area contributed by atoms with E-state index in [0.717, 1.165) is 6.42 Å². The highest BCUT2D eigenvalue weighted by Crippen LogP contribution is 2.22. The van der Waals surface area contributed by atoms with Crippen molar-refractivity contribution < 1.29 is 14.7 Å². The van der Waals surface area contributed by atoms with E-state index in [9.17, 15) is 9.59 Å². The lowest BCUT2D eigenvalue weighted by Gasteiger charge is -2.24. The molecular weight excluding hydrogens is 208 g/mol. The molecule has 1 fully saturated rings. The highest BCUT2D eigenvalue weighted by atomic mass is 16.4. The van der Waals surface area contributed by atoms with Crippen molar-refractivity contribution >= 4 is 12.0 Å². The molecule has 0 aromatic heterocycles. The van der Waals surface area contributed by atoms with Crippen LogP contribution in [0.25, 0.3) is 0 Å². The van der Waals surface area contributed by atoms with Crippen molar-refractivity contribution in [1.82, 2.24) is 10.2 Å². The monoisotopic (exact) mass is 228 g/mol. The zero-order valence-corrected chi connectivity index (χ0v) is 10.1. The predicted molar refractivity (Wildman–Crippen MR) is 60.2 cm³/mol. The fraction of sp³-hybridized carbons (Fsp3) is 0.818. The lowest BCUT2D eigenvalue weighted by atomic mass is 10.1. The predicted octanol–water partition coefficient (Wildman–Crippen LogP) is 1.29. The van der Waals surface area contributed by atoms with Crippen molar-refractivity contribution in [3.63, 3.8) is 0 Å². The number of carboxylic acid groups (broad SMARTS) is 1. The molecule has 1 saturated heterocycles. The molecule has 16 heavy (non-hydrogen) atoms. The van der Waals surface area contributed by atoms with Gasteiger partial charge < -0.3 is 15.3 Å². The molecule has 0 bridgehead atoms. The summed E-state index contributed by atoms with van der Waals surface area (Å²) in [5, 5.41) is 11.4. The summed E-state index contributed by atoms with van der Waals surface area (Å²) in [7, 11) is 0. The van der Waals surface area contributed by atoms with Crippen LogP contribution >= 0.6 is 0 Å². The van der Waals surface area contributed by atoms with E-state index in [-0.39, 0.29) is 12.1 Å². The number of hydrogen-bond donors (Lipinski definition) is 2. The molecule has 0 aromatic rings. The van der Waals surface area contributed by atoms with Gasteiger partial charge in [0.2, 0.25) is 0 Å². The number of urea groups is 1. The number of likely N-dealkylation sites (tertiary alicyclic amines) is 1. The summed E-state index contributed by atoms with van der Waals surface area (Å²) in [6, 6.07) is -0.844. The number of amides is 2. The van der Waals surface area contributed by atoms with Gasteiger partial charge in [-0.3, -0.25) is 0 Å². The van der Waals surface area contributed by atoms with Crippen molar-refractivity contribution in [1.29, 1.82) is 0 Å². The van der Waals surface area contributed by atoms with Gasteiger partial charge in [-0.15, -0.1) is 0 Å². The average Bonchev–Trinajstić information content (AvgIpc) is 2.53. The Labute approximate surface area is 95.8 Å². The minimum atomic E-state index is -0.976. The van der Waals surface area contributed by atoms with Crippen LogP contribution in [-0.4, -0.2) is 40.6 Å². The summed E-state index contributed by atoms with van der Waals surface area (Å²) in [6.45, 7) is 6.54. The first-order chi connectivity index (χ1) is 7.45. The van der Waals surface area contributed by atoms with Crippen LogP contribution in [0.2, 0.25) is 0 Å². The Kier molecular flexibility index (Phi) is 4.15. The number of carboxylic acids is 1. The van der Waals surface area contributed by atoms with Crippen molar-refractivity contribution in [3.05, 3.63) is 0 Å². The van der Waals surface area contributed by atoms with Crippen LogP contribution in [0, 0.1) is 5.92 Å². The summed E-state index contributed by atoms with van der Waals surface area (Å²) < 4.78 is 0. The molecule has 3 atom stereocenters. The molecular formula is C11H20N2O3. The fourth-order valence-corrected chi connectivity index (χ4v) is 2.15. The van der Waals surface area contributed by atoms with Crippen LogP contribution in [0.3, 0.4) is 0 Å². The maximum absolute atomic E-state index is 11.8. The molecule has 1 rings (SSSR count). The third-order valence-corrected chi connectivity index (χ3v) is 3.05. The molecule has 5 heteroatoms. The molecule has 1 heterocycles. The standard InChI is InChI=1S/C11H20N2O3/c1-4-9(10(14)15)12-11(16)13-6-7(2)5-8(13)3/h7-9H,4-6H2,1-3H3,(H,12,16)(H,14,15)/t7?,8?,9-/m0/s1. The second-order valence-corrected chi connectivity index (χ2v) is 4.59. The van der Waals surface area contributed by atoms with Crippen molar-refractivity contribution in [2.45, 2.75) is 45.7 Å². The minimum Gasteiger partial charge on any atom is -0.480 e. The van der Waals surface area contributed by atoms with Crippen molar-refractivity contribution in [2.75, 3.05) is 6.54 Å². The number of nitrogens with one attached hydrogen (secondary N) is 1. The highest BCUT2D eigenvalue weighted by Gasteiger charge is 2.31. The summed E-state index contributed by atoms with van der Waals surface area (Å²) >= 11 is 0. The second-order valence-electron chi connectivity index (χ2n) is 4.59. The van der Waals surface area contributed by atoms with Gasteiger partial charge in [-0.2, -0.15) is 0 Å². The number of carbonyl (C=O) groups excluding carboxylic acids is 1.